The molecule has 1 N–H and O–H groups in total. The van der Waals surface area contributed by atoms with Crippen molar-refractivity contribution >= 4 is 0 Å². The van der Waals surface area contributed by atoms with E-state index in [1.807, 2.05) is 24.4 Å². The molecule has 0 fully saturated rings. The first kappa shape index (κ1) is 5.82. The normalized spacial score (nSPS) is 8.00. The van der Waals surface area contributed by atoms with Gasteiger partial charge in [-0.25, -0.2) is 0 Å². The van der Waals surface area contributed by atoms with Crippen molar-refractivity contribution in [2.24, 2.45) is 0 Å². The minimum absolute atomic E-state index is 1.69. The maximum Gasteiger partial charge on any atom is 0.0427 e. The molecule has 0 unspecified atom stereocenters. The Morgan fingerprint density at radius 2 is 1.89 bits per heavy atom. The molecule has 2 heteroatoms. The van der Waals surface area contributed by atoms with Gasteiger partial charge in [0.1, 0.15) is 0 Å². The second-order valence-corrected chi connectivity index (χ2v) is 1.52. The number of aromatic nitrogens is 2. The van der Waals surface area contributed by atoms with Gasteiger partial charge in [0.15, 0.2) is 0 Å². The molecule has 0 amide bonds. The van der Waals surface area contributed by atoms with Crippen LogP contribution in [-0.4, -0.2) is 9.97 Å². The summed E-state index contributed by atoms with van der Waals surface area (Å²) in [7, 11) is 0. The molecule has 1 aromatic heterocycles. The van der Waals surface area contributed by atoms with Crippen molar-refractivity contribution in [3.05, 3.63) is 43.0 Å². The molecule has 0 aliphatic heterocycles. The van der Waals surface area contributed by atoms with Crippen molar-refractivity contribution in [1.82, 2.24) is 9.97 Å². The molecular formula is C7H8N2. The predicted octanol–water partition coefficient (Wildman–Crippen LogP) is 1.53. The van der Waals surface area contributed by atoms with Crippen molar-refractivity contribution < 1.29 is 0 Å². The second-order valence-electron chi connectivity index (χ2n) is 1.52. The van der Waals surface area contributed by atoms with Crippen LogP contribution in [0.15, 0.2) is 43.0 Å². The molecule has 0 radical (unpaired) electrons. The maximum absolute atomic E-state index is 3.90. The summed E-state index contributed by atoms with van der Waals surface area (Å²) < 4.78 is 0. The number of rotatable bonds is 0. The van der Waals surface area contributed by atoms with E-state index < -0.39 is 0 Å². The first-order valence-corrected chi connectivity index (χ1v) is 2.76. The molecular weight excluding hydrogens is 112 g/mol. The van der Waals surface area contributed by atoms with Gasteiger partial charge in [-0.2, -0.15) is 0 Å². The summed E-state index contributed by atoms with van der Waals surface area (Å²) in [4.78, 5) is 6.80. The Labute approximate surface area is 53.9 Å². The van der Waals surface area contributed by atoms with E-state index in [4.69, 9.17) is 0 Å². The lowest BCUT2D eigenvalue weighted by molar-refractivity contribution is 1.29. The van der Waals surface area contributed by atoms with Gasteiger partial charge in [-0.15, -0.1) is 0 Å². The zero-order valence-electron chi connectivity index (χ0n) is 4.99. The van der Waals surface area contributed by atoms with Crippen LogP contribution in [0.5, 0.6) is 0 Å². The lowest BCUT2D eigenvalue weighted by Gasteiger charge is -1.65. The third kappa shape index (κ3) is 2.49. The lowest BCUT2D eigenvalue weighted by Crippen LogP contribution is -1.56. The van der Waals surface area contributed by atoms with Crippen molar-refractivity contribution in [3.8, 4) is 0 Å². The molecule has 2 nitrogen and oxygen atoms in total. The van der Waals surface area contributed by atoms with Crippen LogP contribution in [-0.2, 0) is 0 Å². The molecule has 0 atom stereocenters. The molecule has 1 aromatic rings. The fourth-order valence-corrected chi connectivity index (χ4v) is 0.466. The van der Waals surface area contributed by atoms with E-state index in [1.54, 1.807) is 18.6 Å². The molecule has 1 rings (SSSR count). The highest BCUT2D eigenvalue weighted by molar-refractivity contribution is 4.85. The van der Waals surface area contributed by atoms with Gasteiger partial charge in [0.2, 0.25) is 0 Å². The van der Waals surface area contributed by atoms with E-state index in [9.17, 15) is 0 Å². The number of hydrogen-bond donors (Lipinski definition) is 1. The predicted molar refractivity (Wildman–Crippen MR) is 36.2 cm³/mol. The smallest absolute Gasteiger partial charge is 0.0427 e. The van der Waals surface area contributed by atoms with Crippen molar-refractivity contribution in [2.75, 3.05) is 0 Å². The molecule has 0 saturated carbocycles. The van der Waals surface area contributed by atoms with Gasteiger partial charge in [-0.3, -0.25) is 4.98 Å². The molecule has 9 heavy (non-hydrogen) atoms. The summed E-state index contributed by atoms with van der Waals surface area (Å²) in [5.74, 6) is 0. The number of nitrogens with one attached hydrogen (secondary N) is 1. The Hall–Kier alpha value is -1.31. The highest BCUT2D eigenvalue weighted by Gasteiger charge is 1.57. The Balaban J connectivity index is 3.04. The summed E-state index contributed by atoms with van der Waals surface area (Å²) in [6.45, 7) is 0. The third-order valence-corrected chi connectivity index (χ3v) is 0.844. The van der Waals surface area contributed by atoms with E-state index in [2.05, 4.69) is 9.97 Å². The summed E-state index contributed by atoms with van der Waals surface area (Å²) >= 11 is 0. The van der Waals surface area contributed by atoms with Crippen LogP contribution >= 0.6 is 0 Å². The largest absolute Gasteiger partial charge is 0.366 e. The minimum Gasteiger partial charge on any atom is -0.366 e. The quantitative estimate of drug-likeness (QED) is 0.552. The second kappa shape index (κ2) is 3.66. The highest BCUT2D eigenvalue weighted by Crippen LogP contribution is 1.72. The zero-order chi connectivity index (χ0) is 6.36. The average molecular weight is 120 g/mol. The molecule has 0 aliphatic carbocycles. The molecule has 0 saturated heterocycles. The van der Waals surface area contributed by atoms with Gasteiger partial charge in [0.25, 0.3) is 0 Å². The first-order valence-electron chi connectivity index (χ1n) is 2.76. The van der Waals surface area contributed by atoms with Crippen LogP contribution in [0.2, 0.25) is 0 Å². The summed E-state index contributed by atoms with van der Waals surface area (Å²) in [6.07, 6.45) is 7.02. The number of H-pyrrole nitrogens is 1. The highest BCUT2D eigenvalue weighted by atomic mass is 14.7. The maximum atomic E-state index is 3.90. The van der Waals surface area contributed by atoms with Crippen molar-refractivity contribution in [3.63, 3.8) is 0 Å². The van der Waals surface area contributed by atoms with Gasteiger partial charge in [0.05, 0.1) is 0 Å². The van der Waals surface area contributed by atoms with Crippen LogP contribution < -0.4 is 0 Å². The molecule has 46 valence electrons. The number of hydrogen-bond acceptors (Lipinski definition) is 1. The molecule has 0 bridgehead atoms. The van der Waals surface area contributed by atoms with E-state index in [1.165, 1.54) is 0 Å². The standard InChI is InChI=1S/C7H8N2/c1-2-4-8-6-7-9-5-3-1/h1-8H. The van der Waals surface area contributed by atoms with Crippen LogP contribution in [0, 0.1) is 0 Å². The topological polar surface area (TPSA) is 28.7 Å². The van der Waals surface area contributed by atoms with Gasteiger partial charge >= 0.3 is 0 Å². The molecule has 0 spiro atoms. The lowest BCUT2D eigenvalue weighted by atomic mass is 10.6. The number of nitrogens with zero attached hydrogens (tertiary/aromatic N) is 1. The SMILES string of the molecule is c1ccncc[nH]cc1. The Morgan fingerprint density at radius 1 is 0.889 bits per heavy atom. The van der Waals surface area contributed by atoms with Gasteiger partial charge in [-0.05, 0) is 12.1 Å². The van der Waals surface area contributed by atoms with Gasteiger partial charge in [0, 0.05) is 24.8 Å². The van der Waals surface area contributed by atoms with E-state index >= 15 is 0 Å². The fourth-order valence-electron chi connectivity index (χ4n) is 0.466. The zero-order valence-corrected chi connectivity index (χ0v) is 4.99. The van der Waals surface area contributed by atoms with Crippen LogP contribution in [0.25, 0.3) is 0 Å². The van der Waals surface area contributed by atoms with Gasteiger partial charge < -0.3 is 4.98 Å². The summed E-state index contributed by atoms with van der Waals surface area (Å²) in [5.41, 5.74) is 0. The summed E-state index contributed by atoms with van der Waals surface area (Å²) in [6, 6.07) is 5.68. The van der Waals surface area contributed by atoms with Crippen LogP contribution in [0.4, 0.5) is 0 Å². The van der Waals surface area contributed by atoms with E-state index in [-0.39, 0.29) is 0 Å². The van der Waals surface area contributed by atoms with Crippen molar-refractivity contribution in [2.45, 2.75) is 0 Å². The Morgan fingerprint density at radius 3 is 2.89 bits per heavy atom. The minimum atomic E-state index is 1.69. The average Bonchev–Trinajstić information content (AvgIpc) is 2.00. The molecule has 0 aliphatic rings. The van der Waals surface area contributed by atoms with Crippen LogP contribution in [0.1, 0.15) is 0 Å². The fraction of sp³-hybridized carbons (Fsp3) is 0. The first-order chi connectivity index (χ1) is 4.50. The molecule has 0 aromatic carbocycles. The van der Waals surface area contributed by atoms with E-state index in [0.717, 1.165) is 0 Å². The molecule has 1 heterocycles. The Bertz CT molecular complexity index is 129. The monoisotopic (exact) mass is 120 g/mol. The van der Waals surface area contributed by atoms with Crippen molar-refractivity contribution in [1.29, 1.82) is 0 Å². The Kier molecular flexibility index (Phi) is 2.37. The van der Waals surface area contributed by atoms with Crippen LogP contribution in [0.3, 0.4) is 0 Å². The van der Waals surface area contributed by atoms with Gasteiger partial charge in [-0.1, -0.05) is 6.07 Å². The summed E-state index contributed by atoms with van der Waals surface area (Å²) in [5, 5.41) is 0. The van der Waals surface area contributed by atoms with E-state index in [0.29, 0.717) is 0 Å². The number of aromatic amines is 1. The third-order valence-electron chi connectivity index (χ3n) is 0.844.